The van der Waals surface area contributed by atoms with Crippen molar-refractivity contribution < 1.29 is 14.3 Å². The molecule has 0 heterocycles. The monoisotopic (exact) mass is 286 g/mol. The van der Waals surface area contributed by atoms with Crippen LogP contribution in [-0.4, -0.2) is 31.6 Å². The molecular formula is C15H30N2O3. The first-order valence-corrected chi connectivity index (χ1v) is 7.57. The van der Waals surface area contributed by atoms with E-state index in [2.05, 4.69) is 12.2 Å². The lowest BCUT2D eigenvalue weighted by Crippen LogP contribution is -2.45. The molecule has 3 unspecified atom stereocenters. The van der Waals surface area contributed by atoms with Crippen LogP contribution in [0, 0.1) is 11.8 Å². The zero-order valence-corrected chi connectivity index (χ0v) is 13.3. The summed E-state index contributed by atoms with van der Waals surface area (Å²) in [7, 11) is 1.35. The van der Waals surface area contributed by atoms with E-state index in [1.54, 1.807) is 0 Å². The van der Waals surface area contributed by atoms with E-state index in [1.165, 1.54) is 7.11 Å². The topological polar surface area (TPSA) is 81.4 Å². The summed E-state index contributed by atoms with van der Waals surface area (Å²) in [6.07, 6.45) is 4.02. The Morgan fingerprint density at radius 2 is 1.85 bits per heavy atom. The average molecular weight is 286 g/mol. The van der Waals surface area contributed by atoms with Gasteiger partial charge in [0.1, 0.15) is 6.04 Å². The SMILES string of the molecule is CCC(CCN)CCC(=O)NC(C(=O)OC)C(C)CC. The molecule has 0 aliphatic heterocycles. The number of nitrogens with one attached hydrogen (secondary N) is 1. The first kappa shape index (κ1) is 18.9. The maximum atomic E-state index is 12.0. The van der Waals surface area contributed by atoms with Gasteiger partial charge in [0, 0.05) is 6.42 Å². The Morgan fingerprint density at radius 3 is 2.30 bits per heavy atom. The van der Waals surface area contributed by atoms with E-state index in [9.17, 15) is 9.59 Å². The molecule has 0 radical (unpaired) electrons. The Labute approximate surface area is 122 Å². The molecule has 3 atom stereocenters. The molecule has 1 amide bonds. The zero-order valence-electron chi connectivity index (χ0n) is 13.3. The molecule has 5 nitrogen and oxygen atoms in total. The summed E-state index contributed by atoms with van der Waals surface area (Å²) in [5.74, 6) is 0.0845. The minimum atomic E-state index is -0.549. The third-order valence-electron chi connectivity index (χ3n) is 3.92. The minimum Gasteiger partial charge on any atom is -0.467 e. The van der Waals surface area contributed by atoms with E-state index < -0.39 is 6.04 Å². The highest BCUT2D eigenvalue weighted by Crippen LogP contribution is 2.15. The number of hydrogen-bond donors (Lipinski definition) is 2. The summed E-state index contributed by atoms with van der Waals surface area (Å²) >= 11 is 0. The molecule has 0 bridgehead atoms. The molecule has 5 heteroatoms. The molecule has 0 saturated heterocycles. The van der Waals surface area contributed by atoms with E-state index in [1.807, 2.05) is 13.8 Å². The summed E-state index contributed by atoms with van der Waals surface area (Å²) in [5, 5.41) is 2.80. The number of carbonyl (C=O) groups excluding carboxylic acids is 2. The Balaban J connectivity index is 4.35. The van der Waals surface area contributed by atoms with Crippen molar-refractivity contribution in [1.29, 1.82) is 0 Å². The number of nitrogens with two attached hydrogens (primary N) is 1. The second-order valence-electron chi connectivity index (χ2n) is 5.34. The lowest BCUT2D eigenvalue weighted by Gasteiger charge is -2.22. The van der Waals surface area contributed by atoms with Crippen LogP contribution in [0.15, 0.2) is 0 Å². The quantitative estimate of drug-likeness (QED) is 0.600. The molecular weight excluding hydrogens is 256 g/mol. The molecule has 3 N–H and O–H groups in total. The highest BCUT2D eigenvalue weighted by molar-refractivity contribution is 5.84. The Bertz CT molecular complexity index is 295. The number of methoxy groups -OCH3 is 1. The van der Waals surface area contributed by atoms with Crippen LogP contribution >= 0.6 is 0 Å². The van der Waals surface area contributed by atoms with Gasteiger partial charge in [0.05, 0.1) is 7.11 Å². The number of hydrogen-bond acceptors (Lipinski definition) is 4. The third kappa shape index (κ3) is 6.89. The van der Waals surface area contributed by atoms with Gasteiger partial charge in [-0.05, 0) is 31.2 Å². The van der Waals surface area contributed by atoms with Crippen molar-refractivity contribution in [3.05, 3.63) is 0 Å². The van der Waals surface area contributed by atoms with Crippen LogP contribution in [0.3, 0.4) is 0 Å². The first-order valence-electron chi connectivity index (χ1n) is 7.57. The van der Waals surface area contributed by atoms with E-state index in [4.69, 9.17) is 10.5 Å². The van der Waals surface area contributed by atoms with Crippen LogP contribution in [0.1, 0.15) is 52.9 Å². The fourth-order valence-electron chi connectivity index (χ4n) is 2.17. The van der Waals surface area contributed by atoms with Crippen molar-refractivity contribution in [2.24, 2.45) is 17.6 Å². The van der Waals surface area contributed by atoms with Crippen molar-refractivity contribution in [1.82, 2.24) is 5.32 Å². The highest BCUT2D eigenvalue weighted by atomic mass is 16.5. The van der Waals surface area contributed by atoms with Gasteiger partial charge >= 0.3 is 5.97 Å². The fourth-order valence-corrected chi connectivity index (χ4v) is 2.17. The second-order valence-corrected chi connectivity index (χ2v) is 5.34. The smallest absolute Gasteiger partial charge is 0.328 e. The van der Waals surface area contributed by atoms with Gasteiger partial charge in [0.2, 0.25) is 5.91 Å². The van der Waals surface area contributed by atoms with Crippen molar-refractivity contribution in [2.45, 2.75) is 58.9 Å². The molecule has 0 rings (SSSR count). The Kier molecular flexibility index (Phi) is 10.1. The Hall–Kier alpha value is -1.10. The summed E-state index contributed by atoms with van der Waals surface area (Å²) in [4.78, 5) is 23.7. The normalized spacial score (nSPS) is 15.2. The lowest BCUT2D eigenvalue weighted by molar-refractivity contribution is -0.146. The van der Waals surface area contributed by atoms with Crippen molar-refractivity contribution in [3.63, 3.8) is 0 Å². The Morgan fingerprint density at radius 1 is 1.20 bits per heavy atom. The number of amides is 1. The van der Waals surface area contributed by atoms with Gasteiger partial charge in [-0.3, -0.25) is 4.79 Å². The van der Waals surface area contributed by atoms with E-state index in [0.717, 1.165) is 25.7 Å². The predicted molar refractivity (Wildman–Crippen MR) is 80.1 cm³/mol. The van der Waals surface area contributed by atoms with Gasteiger partial charge in [-0.15, -0.1) is 0 Å². The maximum absolute atomic E-state index is 12.0. The van der Waals surface area contributed by atoms with Gasteiger partial charge in [-0.2, -0.15) is 0 Å². The maximum Gasteiger partial charge on any atom is 0.328 e. The van der Waals surface area contributed by atoms with Gasteiger partial charge in [0.25, 0.3) is 0 Å². The number of rotatable bonds is 10. The van der Waals surface area contributed by atoms with Gasteiger partial charge < -0.3 is 15.8 Å². The standard InChI is InChI=1S/C15H30N2O3/c1-5-11(3)14(15(19)20-4)17-13(18)8-7-12(6-2)9-10-16/h11-12,14H,5-10,16H2,1-4H3,(H,17,18). The van der Waals surface area contributed by atoms with Crippen molar-refractivity contribution in [3.8, 4) is 0 Å². The van der Waals surface area contributed by atoms with E-state index in [0.29, 0.717) is 18.9 Å². The number of carbonyl (C=O) groups is 2. The van der Waals surface area contributed by atoms with Crippen molar-refractivity contribution >= 4 is 11.9 Å². The zero-order chi connectivity index (χ0) is 15.5. The molecule has 118 valence electrons. The first-order chi connectivity index (χ1) is 9.49. The highest BCUT2D eigenvalue weighted by Gasteiger charge is 2.26. The largest absolute Gasteiger partial charge is 0.467 e. The van der Waals surface area contributed by atoms with Gasteiger partial charge in [-0.25, -0.2) is 4.79 Å². The summed E-state index contributed by atoms with van der Waals surface area (Å²) in [6.45, 7) is 6.68. The number of esters is 1. The van der Waals surface area contributed by atoms with Crippen LogP contribution in [0.25, 0.3) is 0 Å². The minimum absolute atomic E-state index is 0.0670. The van der Waals surface area contributed by atoms with E-state index >= 15 is 0 Å². The second kappa shape index (κ2) is 10.7. The van der Waals surface area contributed by atoms with Crippen LogP contribution < -0.4 is 11.1 Å². The summed E-state index contributed by atoms with van der Waals surface area (Å²) in [6, 6.07) is -0.549. The lowest BCUT2D eigenvalue weighted by atomic mass is 9.95. The van der Waals surface area contributed by atoms with E-state index in [-0.39, 0.29) is 17.8 Å². The summed E-state index contributed by atoms with van der Waals surface area (Å²) in [5.41, 5.74) is 5.55. The fraction of sp³-hybridized carbons (Fsp3) is 0.867. The van der Waals surface area contributed by atoms with Crippen LogP contribution in [0.2, 0.25) is 0 Å². The van der Waals surface area contributed by atoms with Gasteiger partial charge in [-0.1, -0.05) is 33.6 Å². The predicted octanol–water partition coefficient (Wildman–Crippen LogP) is 1.85. The molecule has 0 aliphatic rings. The van der Waals surface area contributed by atoms with Crippen molar-refractivity contribution in [2.75, 3.05) is 13.7 Å². The molecule has 0 aromatic carbocycles. The molecule has 20 heavy (non-hydrogen) atoms. The van der Waals surface area contributed by atoms with Crippen LogP contribution in [-0.2, 0) is 14.3 Å². The molecule has 0 aromatic heterocycles. The summed E-state index contributed by atoms with van der Waals surface area (Å²) < 4.78 is 4.75. The van der Waals surface area contributed by atoms with Gasteiger partial charge in [0.15, 0.2) is 0 Å². The third-order valence-corrected chi connectivity index (χ3v) is 3.92. The molecule has 0 aliphatic carbocycles. The molecule has 0 aromatic rings. The molecule has 0 fully saturated rings. The molecule has 0 spiro atoms. The molecule has 0 saturated carbocycles. The number of ether oxygens (including phenoxy) is 1. The van der Waals surface area contributed by atoms with Crippen LogP contribution in [0.4, 0.5) is 0 Å². The average Bonchev–Trinajstić information content (AvgIpc) is 2.47. The van der Waals surface area contributed by atoms with Crippen LogP contribution in [0.5, 0.6) is 0 Å².